The average molecular weight is 362 g/mol. The van der Waals surface area contributed by atoms with Crippen molar-refractivity contribution in [1.82, 2.24) is 0 Å². The van der Waals surface area contributed by atoms with Crippen LogP contribution in [0.1, 0.15) is 29.6 Å². The van der Waals surface area contributed by atoms with Crippen molar-refractivity contribution in [2.75, 3.05) is 18.6 Å². The van der Waals surface area contributed by atoms with Gasteiger partial charge in [0, 0.05) is 29.2 Å². The summed E-state index contributed by atoms with van der Waals surface area (Å²) in [6, 6.07) is 13.9. The van der Waals surface area contributed by atoms with Gasteiger partial charge in [-0.25, -0.2) is 0 Å². The number of carboxylic acid groups (broad SMARTS) is 1. The van der Waals surface area contributed by atoms with Crippen LogP contribution in [0.15, 0.2) is 48.5 Å². The van der Waals surface area contributed by atoms with Gasteiger partial charge in [0.15, 0.2) is 0 Å². The standard InChI is InChI=1S/C19H20ClNO4/c1-25-17-11-9-16(10-12-17)21(13-3-2-4-18(22)23)19(24)14-5-7-15(20)8-6-14/h5-12H,2-4,13H2,1H3,(H,22,23). The van der Waals surface area contributed by atoms with Gasteiger partial charge in [0.1, 0.15) is 5.75 Å². The molecule has 0 spiro atoms. The maximum Gasteiger partial charge on any atom is 0.303 e. The third-order valence-electron chi connectivity index (χ3n) is 3.74. The van der Waals surface area contributed by atoms with E-state index in [1.807, 2.05) is 12.1 Å². The van der Waals surface area contributed by atoms with Gasteiger partial charge < -0.3 is 14.7 Å². The smallest absolute Gasteiger partial charge is 0.303 e. The second kappa shape index (κ2) is 9.08. The van der Waals surface area contributed by atoms with Crippen LogP contribution in [-0.4, -0.2) is 30.6 Å². The highest BCUT2D eigenvalue weighted by Crippen LogP contribution is 2.22. The van der Waals surface area contributed by atoms with E-state index < -0.39 is 5.97 Å². The van der Waals surface area contributed by atoms with Crippen molar-refractivity contribution in [3.8, 4) is 5.75 Å². The summed E-state index contributed by atoms with van der Waals surface area (Å²) in [6.07, 6.45) is 1.19. The molecule has 0 bridgehead atoms. The molecular formula is C19H20ClNO4. The second-order valence-electron chi connectivity index (χ2n) is 5.51. The van der Waals surface area contributed by atoms with Crippen molar-refractivity contribution in [3.05, 3.63) is 59.1 Å². The summed E-state index contributed by atoms with van der Waals surface area (Å²) < 4.78 is 5.15. The van der Waals surface area contributed by atoms with Crippen LogP contribution < -0.4 is 9.64 Å². The fourth-order valence-electron chi connectivity index (χ4n) is 2.40. The Balaban J connectivity index is 2.19. The van der Waals surface area contributed by atoms with E-state index in [0.29, 0.717) is 35.7 Å². The van der Waals surface area contributed by atoms with Crippen molar-refractivity contribution >= 4 is 29.2 Å². The van der Waals surface area contributed by atoms with Crippen LogP contribution in [-0.2, 0) is 4.79 Å². The Kier molecular flexibility index (Phi) is 6.83. The molecule has 0 saturated heterocycles. The number of unbranched alkanes of at least 4 members (excludes halogenated alkanes) is 1. The number of hydrogen-bond acceptors (Lipinski definition) is 3. The minimum atomic E-state index is -0.833. The van der Waals surface area contributed by atoms with E-state index in [1.54, 1.807) is 48.4 Å². The number of ether oxygens (including phenoxy) is 1. The van der Waals surface area contributed by atoms with Gasteiger partial charge in [-0.3, -0.25) is 9.59 Å². The molecular weight excluding hydrogens is 342 g/mol. The number of carbonyl (C=O) groups is 2. The molecule has 5 nitrogen and oxygen atoms in total. The predicted molar refractivity (Wildman–Crippen MR) is 97.6 cm³/mol. The zero-order chi connectivity index (χ0) is 18.2. The van der Waals surface area contributed by atoms with Crippen LogP contribution in [0.25, 0.3) is 0 Å². The molecule has 0 saturated carbocycles. The molecule has 2 rings (SSSR count). The summed E-state index contributed by atoms with van der Waals surface area (Å²) in [5, 5.41) is 9.32. The van der Waals surface area contributed by atoms with Crippen LogP contribution in [0, 0.1) is 0 Å². The highest BCUT2D eigenvalue weighted by molar-refractivity contribution is 6.30. The summed E-state index contributed by atoms with van der Waals surface area (Å²) in [4.78, 5) is 25.2. The highest BCUT2D eigenvalue weighted by Gasteiger charge is 2.17. The van der Waals surface area contributed by atoms with Gasteiger partial charge in [0.25, 0.3) is 5.91 Å². The number of halogens is 1. The van der Waals surface area contributed by atoms with Crippen molar-refractivity contribution in [2.45, 2.75) is 19.3 Å². The minimum absolute atomic E-state index is 0.0889. The highest BCUT2D eigenvalue weighted by atomic mass is 35.5. The Hall–Kier alpha value is -2.53. The number of carbonyl (C=O) groups excluding carboxylic acids is 1. The second-order valence-corrected chi connectivity index (χ2v) is 5.95. The van der Waals surface area contributed by atoms with Crippen molar-refractivity contribution in [1.29, 1.82) is 0 Å². The SMILES string of the molecule is COc1ccc(N(CCCCC(=O)O)C(=O)c2ccc(Cl)cc2)cc1. The first-order valence-corrected chi connectivity index (χ1v) is 8.32. The van der Waals surface area contributed by atoms with Crippen LogP contribution in [0.5, 0.6) is 5.75 Å². The first-order valence-electron chi connectivity index (χ1n) is 7.94. The molecule has 132 valence electrons. The van der Waals surface area contributed by atoms with Crippen molar-refractivity contribution in [3.63, 3.8) is 0 Å². The minimum Gasteiger partial charge on any atom is -0.497 e. The lowest BCUT2D eigenvalue weighted by Crippen LogP contribution is -2.32. The molecule has 0 radical (unpaired) electrons. The lowest BCUT2D eigenvalue weighted by molar-refractivity contribution is -0.137. The molecule has 2 aromatic rings. The third-order valence-corrected chi connectivity index (χ3v) is 3.99. The number of nitrogens with zero attached hydrogens (tertiary/aromatic N) is 1. The number of benzene rings is 2. The zero-order valence-corrected chi connectivity index (χ0v) is 14.7. The first kappa shape index (κ1) is 18.8. The van der Waals surface area contributed by atoms with Gasteiger partial charge in [0.2, 0.25) is 0 Å². The molecule has 0 aromatic heterocycles. The summed E-state index contributed by atoms with van der Waals surface area (Å²) in [7, 11) is 1.58. The molecule has 0 aliphatic heterocycles. The number of methoxy groups -OCH3 is 1. The number of aliphatic carboxylic acids is 1. The predicted octanol–water partition coefficient (Wildman–Crippen LogP) is 4.25. The summed E-state index contributed by atoms with van der Waals surface area (Å²) in [5.74, 6) is -0.286. The number of anilines is 1. The van der Waals surface area contributed by atoms with Crippen LogP contribution in [0.4, 0.5) is 5.69 Å². The molecule has 0 fully saturated rings. The molecule has 25 heavy (non-hydrogen) atoms. The summed E-state index contributed by atoms with van der Waals surface area (Å²) in [5.41, 5.74) is 1.26. The Labute approximate surface area is 151 Å². The fraction of sp³-hybridized carbons (Fsp3) is 0.263. The Morgan fingerprint density at radius 1 is 1.04 bits per heavy atom. The van der Waals surface area contributed by atoms with E-state index in [2.05, 4.69) is 0 Å². The third kappa shape index (κ3) is 5.50. The van der Waals surface area contributed by atoms with Gasteiger partial charge in [-0.1, -0.05) is 11.6 Å². The normalized spacial score (nSPS) is 10.3. The van der Waals surface area contributed by atoms with Gasteiger partial charge in [-0.05, 0) is 61.4 Å². The van der Waals surface area contributed by atoms with Crippen LogP contribution in [0.3, 0.4) is 0 Å². The van der Waals surface area contributed by atoms with Crippen LogP contribution >= 0.6 is 11.6 Å². The maximum atomic E-state index is 12.9. The quantitative estimate of drug-likeness (QED) is 0.714. The molecule has 0 heterocycles. The topological polar surface area (TPSA) is 66.8 Å². The maximum absolute atomic E-state index is 12.9. The van der Waals surface area contributed by atoms with Crippen molar-refractivity contribution in [2.24, 2.45) is 0 Å². The molecule has 6 heteroatoms. The molecule has 0 aliphatic carbocycles. The van der Waals surface area contributed by atoms with E-state index in [0.717, 1.165) is 5.69 Å². The summed E-state index contributed by atoms with van der Waals surface area (Å²) in [6.45, 7) is 0.432. The van der Waals surface area contributed by atoms with E-state index in [9.17, 15) is 9.59 Å². The number of rotatable bonds is 8. The molecule has 2 aromatic carbocycles. The van der Waals surface area contributed by atoms with Gasteiger partial charge in [0.05, 0.1) is 7.11 Å². The average Bonchev–Trinajstić information content (AvgIpc) is 2.62. The number of amides is 1. The van der Waals surface area contributed by atoms with E-state index >= 15 is 0 Å². The number of carboxylic acids is 1. The monoisotopic (exact) mass is 361 g/mol. The van der Waals surface area contributed by atoms with Gasteiger partial charge >= 0.3 is 5.97 Å². The molecule has 1 N–H and O–H groups in total. The number of hydrogen-bond donors (Lipinski definition) is 1. The lowest BCUT2D eigenvalue weighted by atomic mass is 10.1. The van der Waals surface area contributed by atoms with E-state index in [1.165, 1.54) is 0 Å². The molecule has 1 amide bonds. The largest absolute Gasteiger partial charge is 0.497 e. The Morgan fingerprint density at radius 2 is 1.68 bits per heavy atom. The molecule has 0 unspecified atom stereocenters. The summed E-state index contributed by atoms with van der Waals surface area (Å²) >= 11 is 5.88. The van der Waals surface area contributed by atoms with Gasteiger partial charge in [-0.2, -0.15) is 0 Å². The Morgan fingerprint density at radius 3 is 2.24 bits per heavy atom. The van der Waals surface area contributed by atoms with Gasteiger partial charge in [-0.15, -0.1) is 0 Å². The zero-order valence-electron chi connectivity index (χ0n) is 13.9. The van der Waals surface area contributed by atoms with Crippen LogP contribution in [0.2, 0.25) is 5.02 Å². The fourth-order valence-corrected chi connectivity index (χ4v) is 2.53. The van der Waals surface area contributed by atoms with E-state index in [-0.39, 0.29) is 12.3 Å². The lowest BCUT2D eigenvalue weighted by Gasteiger charge is -2.23. The first-order chi connectivity index (χ1) is 12.0. The molecule has 0 aliphatic rings. The van der Waals surface area contributed by atoms with Crippen molar-refractivity contribution < 1.29 is 19.4 Å². The van der Waals surface area contributed by atoms with E-state index in [4.69, 9.17) is 21.4 Å². The Bertz CT molecular complexity index is 713. The molecule has 0 atom stereocenters.